The summed E-state index contributed by atoms with van der Waals surface area (Å²) in [7, 11) is 0. The number of carbonyl (C=O) groups is 1. The van der Waals surface area contributed by atoms with Crippen LogP contribution in [0, 0.1) is 5.41 Å². The summed E-state index contributed by atoms with van der Waals surface area (Å²) in [4.78, 5) is 14.2. The van der Waals surface area contributed by atoms with E-state index in [9.17, 15) is 9.90 Å². The topological polar surface area (TPSA) is 75.8 Å². The average Bonchev–Trinajstić information content (AvgIpc) is 2.74. The number of hydrogen-bond donors (Lipinski definition) is 2. The van der Waals surface area contributed by atoms with Crippen LogP contribution in [-0.2, 0) is 9.53 Å². The highest BCUT2D eigenvalue weighted by Gasteiger charge is 2.64. The van der Waals surface area contributed by atoms with Gasteiger partial charge in [-0.2, -0.15) is 0 Å². The van der Waals surface area contributed by atoms with Crippen molar-refractivity contribution in [2.45, 2.75) is 51.4 Å². The van der Waals surface area contributed by atoms with Crippen molar-refractivity contribution in [3.8, 4) is 0 Å². The summed E-state index contributed by atoms with van der Waals surface area (Å²) in [5, 5.41) is 9.51. The van der Waals surface area contributed by atoms with E-state index in [1.807, 2.05) is 20.8 Å². The Balaban J connectivity index is 2.07. The van der Waals surface area contributed by atoms with E-state index in [4.69, 9.17) is 10.5 Å². The third-order valence-corrected chi connectivity index (χ3v) is 4.66. The summed E-state index contributed by atoms with van der Waals surface area (Å²) in [6.45, 7) is 7.58. The maximum Gasteiger partial charge on any atom is 0.243 e. The van der Waals surface area contributed by atoms with Crippen LogP contribution in [0.2, 0.25) is 0 Å². The third kappa shape index (κ3) is 1.85. The van der Waals surface area contributed by atoms with E-state index in [0.717, 1.165) is 0 Å². The lowest BCUT2D eigenvalue weighted by Crippen LogP contribution is -2.75. The first kappa shape index (κ1) is 13.8. The first-order valence-corrected chi connectivity index (χ1v) is 6.71. The van der Waals surface area contributed by atoms with Crippen molar-refractivity contribution in [1.29, 1.82) is 0 Å². The first-order chi connectivity index (χ1) is 8.33. The normalized spacial score (nSPS) is 38.6. The standard InChI is InChI=1S/C13H24N2O3/c1-4-18-10-7-13(14,12(10,2)3)11(17)15-6-5-9(16)8-15/h9-10,16H,4-8,14H2,1-3H3/t9-,10?,13?/m1/s1. The molecule has 0 radical (unpaired) electrons. The summed E-state index contributed by atoms with van der Waals surface area (Å²) in [6.07, 6.45) is 0.864. The van der Waals surface area contributed by atoms with Gasteiger partial charge in [0.1, 0.15) is 5.54 Å². The summed E-state index contributed by atoms with van der Waals surface area (Å²) in [5.41, 5.74) is 5.11. The van der Waals surface area contributed by atoms with Gasteiger partial charge in [0, 0.05) is 31.5 Å². The quantitative estimate of drug-likeness (QED) is 0.751. The number of hydrogen-bond acceptors (Lipinski definition) is 4. The van der Waals surface area contributed by atoms with Gasteiger partial charge in [-0.15, -0.1) is 0 Å². The van der Waals surface area contributed by atoms with E-state index < -0.39 is 11.6 Å². The van der Waals surface area contributed by atoms with Crippen molar-refractivity contribution in [3.05, 3.63) is 0 Å². The molecule has 5 heteroatoms. The highest BCUT2D eigenvalue weighted by molar-refractivity contribution is 5.89. The molecule has 0 aromatic rings. The summed E-state index contributed by atoms with van der Waals surface area (Å²) in [6, 6.07) is 0. The lowest BCUT2D eigenvalue weighted by Gasteiger charge is -2.58. The third-order valence-electron chi connectivity index (χ3n) is 4.66. The molecule has 2 aliphatic rings. The molecule has 1 amide bonds. The van der Waals surface area contributed by atoms with Gasteiger partial charge in [-0.05, 0) is 13.3 Å². The highest BCUT2D eigenvalue weighted by Crippen LogP contribution is 2.50. The van der Waals surface area contributed by atoms with Crippen molar-refractivity contribution in [1.82, 2.24) is 4.90 Å². The zero-order chi connectivity index (χ0) is 13.6. The van der Waals surface area contributed by atoms with Gasteiger partial charge >= 0.3 is 0 Å². The van der Waals surface area contributed by atoms with Crippen LogP contribution >= 0.6 is 0 Å². The zero-order valence-electron chi connectivity index (χ0n) is 11.5. The molecule has 1 heterocycles. The number of amides is 1. The van der Waals surface area contributed by atoms with Crippen LogP contribution < -0.4 is 5.73 Å². The lowest BCUT2D eigenvalue weighted by atomic mass is 9.54. The first-order valence-electron chi connectivity index (χ1n) is 6.71. The molecule has 5 nitrogen and oxygen atoms in total. The summed E-state index contributed by atoms with van der Waals surface area (Å²) < 4.78 is 5.62. The minimum Gasteiger partial charge on any atom is -0.391 e. The van der Waals surface area contributed by atoms with Crippen LogP contribution in [0.25, 0.3) is 0 Å². The Kier molecular flexibility index (Phi) is 3.42. The molecule has 0 aromatic carbocycles. The summed E-state index contributed by atoms with van der Waals surface area (Å²) in [5.74, 6) is -0.0417. The molecule has 1 saturated carbocycles. The van der Waals surface area contributed by atoms with Gasteiger partial charge in [-0.25, -0.2) is 0 Å². The van der Waals surface area contributed by atoms with Crippen molar-refractivity contribution >= 4 is 5.91 Å². The molecule has 3 atom stereocenters. The summed E-state index contributed by atoms with van der Waals surface area (Å²) >= 11 is 0. The van der Waals surface area contributed by atoms with E-state index in [1.165, 1.54) is 0 Å². The Morgan fingerprint density at radius 3 is 2.67 bits per heavy atom. The molecule has 0 bridgehead atoms. The van der Waals surface area contributed by atoms with Crippen LogP contribution in [0.15, 0.2) is 0 Å². The maximum atomic E-state index is 12.5. The fraction of sp³-hybridized carbons (Fsp3) is 0.923. The molecule has 0 spiro atoms. The number of ether oxygens (including phenoxy) is 1. The predicted molar refractivity (Wildman–Crippen MR) is 67.9 cm³/mol. The number of rotatable bonds is 3. The molecule has 2 fully saturated rings. The van der Waals surface area contributed by atoms with Gasteiger partial charge in [-0.3, -0.25) is 4.79 Å². The lowest BCUT2D eigenvalue weighted by molar-refractivity contribution is -0.178. The SMILES string of the molecule is CCOC1CC(N)(C(=O)N2CC[C@@H](O)C2)C1(C)C. The Bertz CT molecular complexity index is 345. The van der Waals surface area contributed by atoms with Gasteiger partial charge < -0.3 is 20.5 Å². The van der Waals surface area contributed by atoms with Crippen molar-refractivity contribution < 1.29 is 14.6 Å². The molecular weight excluding hydrogens is 232 g/mol. The molecule has 1 aliphatic carbocycles. The fourth-order valence-corrected chi connectivity index (χ4v) is 3.01. The second kappa shape index (κ2) is 4.47. The van der Waals surface area contributed by atoms with E-state index in [0.29, 0.717) is 32.5 Å². The monoisotopic (exact) mass is 256 g/mol. The molecule has 1 saturated heterocycles. The van der Waals surface area contributed by atoms with E-state index in [2.05, 4.69) is 0 Å². The predicted octanol–water partition coefficient (Wildman–Crippen LogP) is 0.112. The molecule has 0 aromatic heterocycles. The van der Waals surface area contributed by atoms with Crippen LogP contribution in [0.1, 0.15) is 33.6 Å². The van der Waals surface area contributed by atoms with Crippen LogP contribution in [0.5, 0.6) is 0 Å². The van der Waals surface area contributed by atoms with Crippen LogP contribution in [-0.4, -0.2) is 53.4 Å². The van der Waals surface area contributed by atoms with Gasteiger partial charge in [0.25, 0.3) is 0 Å². The van der Waals surface area contributed by atoms with Crippen molar-refractivity contribution in [2.24, 2.45) is 11.1 Å². The Labute approximate surface area is 108 Å². The molecular formula is C13H24N2O3. The minimum absolute atomic E-state index is 0.0417. The van der Waals surface area contributed by atoms with Gasteiger partial charge in [0.15, 0.2) is 0 Å². The van der Waals surface area contributed by atoms with E-state index >= 15 is 0 Å². The maximum absolute atomic E-state index is 12.5. The van der Waals surface area contributed by atoms with Gasteiger partial charge in [0.05, 0.1) is 12.2 Å². The van der Waals surface area contributed by atoms with Gasteiger partial charge in [-0.1, -0.05) is 13.8 Å². The number of nitrogens with zero attached hydrogens (tertiary/aromatic N) is 1. The van der Waals surface area contributed by atoms with Crippen molar-refractivity contribution in [3.63, 3.8) is 0 Å². The van der Waals surface area contributed by atoms with E-state index in [1.54, 1.807) is 4.90 Å². The molecule has 1 aliphatic heterocycles. The number of aliphatic hydroxyl groups is 1. The van der Waals surface area contributed by atoms with Gasteiger partial charge in [0.2, 0.25) is 5.91 Å². The smallest absolute Gasteiger partial charge is 0.243 e. The van der Waals surface area contributed by atoms with Crippen LogP contribution in [0.4, 0.5) is 0 Å². The fourth-order valence-electron chi connectivity index (χ4n) is 3.01. The molecule has 104 valence electrons. The van der Waals surface area contributed by atoms with Crippen molar-refractivity contribution in [2.75, 3.05) is 19.7 Å². The van der Waals surface area contributed by atoms with E-state index in [-0.39, 0.29) is 17.4 Å². The molecule has 3 N–H and O–H groups in total. The number of nitrogens with two attached hydrogens (primary N) is 1. The number of β-amino-alcohol motifs (C(OH)–C–C–N with tert-alkyl or cyclic N) is 1. The second-order valence-corrected chi connectivity index (χ2v) is 6.03. The largest absolute Gasteiger partial charge is 0.391 e. The minimum atomic E-state index is -0.850. The zero-order valence-corrected chi connectivity index (χ0v) is 11.5. The second-order valence-electron chi connectivity index (χ2n) is 6.03. The number of aliphatic hydroxyl groups excluding tert-OH is 1. The Morgan fingerprint density at radius 1 is 1.56 bits per heavy atom. The van der Waals surface area contributed by atoms with Crippen LogP contribution in [0.3, 0.4) is 0 Å². The Morgan fingerprint density at radius 2 is 2.22 bits per heavy atom. The number of carbonyl (C=O) groups excluding carboxylic acids is 1. The number of likely N-dealkylation sites (tertiary alicyclic amines) is 1. The molecule has 18 heavy (non-hydrogen) atoms. The molecule has 2 rings (SSSR count). The average molecular weight is 256 g/mol. The molecule has 2 unspecified atom stereocenters. The Hall–Kier alpha value is -0.650. The highest BCUT2D eigenvalue weighted by atomic mass is 16.5.